The van der Waals surface area contributed by atoms with Gasteiger partial charge in [-0.15, -0.1) is 0 Å². The van der Waals surface area contributed by atoms with Crippen LogP contribution in [0.15, 0.2) is 0 Å². The van der Waals surface area contributed by atoms with Gasteiger partial charge in [-0.05, 0) is 0 Å². The predicted molar refractivity (Wildman–Crippen MR) is 12.0 cm³/mol. The van der Waals surface area contributed by atoms with Crippen LogP contribution in [0.3, 0.4) is 0 Å². The molecule has 1 N–H and O–H groups in total. The van der Waals surface area contributed by atoms with E-state index >= 15 is 0 Å². The van der Waals surface area contributed by atoms with Crippen LogP contribution >= 0.6 is 0 Å². The number of rotatable bonds is 0. The van der Waals surface area contributed by atoms with Crippen molar-refractivity contribution >= 4 is 9.17 Å². The molecule has 4 nitrogen and oxygen atoms in total. The Morgan fingerprint density at radius 2 is 1.67 bits per heavy atom. The fourth-order valence-electron chi connectivity index (χ4n) is 0. The molecule has 0 aromatic carbocycles. The molecule has 0 amide bonds. The molecular weight excluding hydrogens is 181 g/mol. The molecule has 0 spiro atoms. The summed E-state index contributed by atoms with van der Waals surface area (Å²) in [5.74, 6) is 0. The summed E-state index contributed by atoms with van der Waals surface area (Å²) < 4.78 is 8.63. The minimum absolute atomic E-state index is 0. The largest absolute Gasteiger partial charge is 4.00 e. The van der Waals surface area contributed by atoms with Crippen molar-refractivity contribution in [3.63, 3.8) is 0 Å². The van der Waals surface area contributed by atoms with Gasteiger partial charge < -0.3 is 20.2 Å². The van der Waals surface area contributed by atoms with Gasteiger partial charge in [0.25, 0.3) is 0 Å². The Kier molecular flexibility index (Phi) is 24.3. The van der Waals surface area contributed by atoms with Crippen LogP contribution in [0.5, 0.6) is 0 Å². The number of hydrogen-bond acceptors (Lipinski definition) is 2. The molecule has 0 fully saturated rings. The van der Waals surface area contributed by atoms with E-state index in [2.05, 4.69) is 0 Å². The second-order valence-corrected chi connectivity index (χ2v) is 0.798. The van der Waals surface area contributed by atoms with Crippen molar-refractivity contribution in [2.24, 2.45) is 0 Å². The third-order valence-corrected chi connectivity index (χ3v) is 0. The van der Waals surface area contributed by atoms with E-state index in [0.717, 1.165) is 0 Å². The maximum absolute atomic E-state index is 8.63. The Bertz CT molecular complexity index is 33.8. The Hall–Kier alpha value is 0.460. The molecule has 0 unspecified atom stereocenters. The quantitative estimate of drug-likeness (QED) is 0.441. The average Bonchev–Trinajstić information content (AvgIpc) is 0.811. The SMILES string of the molecule is O=[Si]([O-])O.[N-3].[Zr+4]. The van der Waals surface area contributed by atoms with Crippen molar-refractivity contribution in [1.82, 2.24) is 0 Å². The van der Waals surface area contributed by atoms with Crippen LogP contribution in [-0.4, -0.2) is 14.0 Å². The predicted octanol–water partition coefficient (Wildman–Crippen LogP) is -1.96. The van der Waals surface area contributed by atoms with Gasteiger partial charge >= 0.3 is 35.4 Å². The fourth-order valence-corrected chi connectivity index (χ4v) is 0. The molecule has 0 aliphatic heterocycles. The van der Waals surface area contributed by atoms with E-state index in [9.17, 15) is 0 Å². The normalized spacial score (nSPS) is 4.00. The second kappa shape index (κ2) is 9.07. The van der Waals surface area contributed by atoms with Gasteiger partial charge in [0, 0.05) is 0 Å². The third kappa shape index (κ3) is 252. The van der Waals surface area contributed by atoms with Crippen molar-refractivity contribution in [3.8, 4) is 0 Å². The van der Waals surface area contributed by atoms with Crippen LogP contribution in [0.25, 0.3) is 6.15 Å². The van der Waals surface area contributed by atoms with E-state index < -0.39 is 9.17 Å². The van der Waals surface area contributed by atoms with E-state index in [4.69, 9.17) is 14.1 Å². The zero-order chi connectivity index (χ0) is 3.58. The van der Waals surface area contributed by atoms with Gasteiger partial charge in [0.05, 0.1) is 0 Å². The first-order chi connectivity index (χ1) is 1.73. The minimum atomic E-state index is -3.38. The molecule has 0 atom stereocenters. The van der Waals surface area contributed by atoms with E-state index in [0.29, 0.717) is 0 Å². The molecule has 0 aliphatic rings. The van der Waals surface area contributed by atoms with Crippen molar-refractivity contribution in [2.75, 3.05) is 0 Å². The molecular formula is HNO3SiZr. The van der Waals surface area contributed by atoms with E-state index in [1.165, 1.54) is 0 Å². The first-order valence-electron chi connectivity index (χ1n) is 0.632. The van der Waals surface area contributed by atoms with Crippen LogP contribution in [0, 0.1) is 0 Å². The molecule has 0 saturated carbocycles. The summed E-state index contributed by atoms with van der Waals surface area (Å²) in [6, 6.07) is 0. The van der Waals surface area contributed by atoms with Gasteiger partial charge in [-0.3, -0.25) is 0 Å². The number of nitrogens with zero attached hydrogens (tertiary/aromatic N) is 1. The molecule has 0 aromatic heterocycles. The zero-order valence-corrected chi connectivity index (χ0v) is 6.17. The Morgan fingerprint density at radius 3 is 1.67 bits per heavy atom. The number of hydrogen-bond donors (Lipinski definition) is 1. The Labute approximate surface area is 55.8 Å². The van der Waals surface area contributed by atoms with E-state index in [1.54, 1.807) is 0 Å². The van der Waals surface area contributed by atoms with E-state index in [1.807, 2.05) is 0 Å². The second-order valence-electron chi connectivity index (χ2n) is 0.266. The molecule has 0 rings (SSSR count). The smallest absolute Gasteiger partial charge is 3.00 e. The maximum Gasteiger partial charge on any atom is 4.00 e. The molecule has 0 aromatic rings. The van der Waals surface area contributed by atoms with Gasteiger partial charge in [0.2, 0.25) is 0 Å². The zero-order valence-electron chi connectivity index (χ0n) is 2.71. The Morgan fingerprint density at radius 1 is 1.67 bits per heavy atom. The van der Waals surface area contributed by atoms with Crippen molar-refractivity contribution in [1.29, 1.82) is 0 Å². The van der Waals surface area contributed by atoms with Crippen LogP contribution in [0.1, 0.15) is 0 Å². The molecule has 0 saturated heterocycles. The van der Waals surface area contributed by atoms with Crippen LogP contribution in [0.4, 0.5) is 0 Å². The standard InChI is InChI=1S/N.HO3Si.Zr/c;1-4(2)3;/h;1H;/q-3;-1;+4. The van der Waals surface area contributed by atoms with Crippen LogP contribution in [0.2, 0.25) is 0 Å². The average molecular weight is 182 g/mol. The first-order valence-corrected chi connectivity index (χ1v) is 1.90. The maximum atomic E-state index is 8.63. The summed E-state index contributed by atoms with van der Waals surface area (Å²) in [5.41, 5.74) is 0. The summed E-state index contributed by atoms with van der Waals surface area (Å²) in [5, 5.41) is 0. The molecule has 0 radical (unpaired) electrons. The monoisotopic (exact) mass is 181 g/mol. The molecule has 6 heavy (non-hydrogen) atoms. The fraction of sp³-hybridized carbons (Fsp3) is 0. The summed E-state index contributed by atoms with van der Waals surface area (Å²) in [7, 11) is -3.38. The summed E-state index contributed by atoms with van der Waals surface area (Å²) in [4.78, 5) is 15.7. The topological polar surface area (TPSA) is 90.9 Å². The van der Waals surface area contributed by atoms with Crippen LogP contribution < -0.4 is 4.80 Å². The molecule has 6 heteroatoms. The summed E-state index contributed by atoms with van der Waals surface area (Å²) >= 11 is 0. The van der Waals surface area contributed by atoms with Gasteiger partial charge in [0.15, 0.2) is 0 Å². The van der Waals surface area contributed by atoms with Gasteiger partial charge in [0.1, 0.15) is 0 Å². The molecule has 0 aliphatic carbocycles. The summed E-state index contributed by atoms with van der Waals surface area (Å²) in [6.07, 6.45) is 0. The van der Waals surface area contributed by atoms with Crippen LogP contribution in [-0.2, 0) is 30.7 Å². The molecule has 0 heterocycles. The van der Waals surface area contributed by atoms with Gasteiger partial charge in [-0.1, -0.05) is 0 Å². The third-order valence-electron chi connectivity index (χ3n) is 0. The van der Waals surface area contributed by atoms with Crippen molar-refractivity contribution in [3.05, 3.63) is 6.15 Å². The summed E-state index contributed by atoms with van der Waals surface area (Å²) in [6.45, 7) is 0. The first kappa shape index (κ1) is 16.1. The van der Waals surface area contributed by atoms with Crippen molar-refractivity contribution in [2.45, 2.75) is 0 Å². The van der Waals surface area contributed by atoms with Gasteiger partial charge in [-0.2, -0.15) is 0 Å². The molecule has 32 valence electrons. The molecule has 0 bridgehead atoms. The van der Waals surface area contributed by atoms with Crippen molar-refractivity contribution < 1.29 is 40.3 Å². The van der Waals surface area contributed by atoms with E-state index in [-0.39, 0.29) is 32.4 Å². The van der Waals surface area contributed by atoms with Gasteiger partial charge in [-0.25, -0.2) is 0 Å². The minimum Gasteiger partial charge on any atom is -3.00 e. The Balaban J connectivity index is -0.0000000450.